The minimum atomic E-state index is 0.553. The van der Waals surface area contributed by atoms with Gasteiger partial charge in [0.05, 0.1) is 13.2 Å². The summed E-state index contributed by atoms with van der Waals surface area (Å²) in [7, 11) is 0. The third-order valence-electron chi connectivity index (χ3n) is 3.59. The summed E-state index contributed by atoms with van der Waals surface area (Å²) in [4.78, 5) is 0. The lowest BCUT2D eigenvalue weighted by Gasteiger charge is -2.34. The first-order chi connectivity index (χ1) is 8.40. The highest BCUT2D eigenvalue weighted by molar-refractivity contribution is 5.13. The fourth-order valence-electron chi connectivity index (χ4n) is 2.34. The summed E-state index contributed by atoms with van der Waals surface area (Å²) < 4.78 is 5.83. The van der Waals surface area contributed by atoms with Gasteiger partial charge in [-0.05, 0) is 30.9 Å². The molecule has 1 aliphatic rings. The van der Waals surface area contributed by atoms with Crippen molar-refractivity contribution >= 4 is 0 Å². The summed E-state index contributed by atoms with van der Waals surface area (Å²) in [6, 6.07) is 11.0. The molecule has 0 saturated heterocycles. The molecule has 94 valence electrons. The van der Waals surface area contributed by atoms with Gasteiger partial charge in [-0.2, -0.15) is 0 Å². The normalized spacial score (nSPS) is 17.7. The molecule has 0 bridgehead atoms. The van der Waals surface area contributed by atoms with Crippen LogP contribution in [0.1, 0.15) is 31.7 Å². The van der Waals surface area contributed by atoms with Crippen LogP contribution >= 0.6 is 0 Å². The van der Waals surface area contributed by atoms with E-state index < -0.39 is 0 Å². The van der Waals surface area contributed by atoms with Crippen molar-refractivity contribution in [1.82, 2.24) is 5.32 Å². The number of rotatable bonds is 7. The zero-order chi connectivity index (χ0) is 11.9. The summed E-state index contributed by atoms with van der Waals surface area (Å²) >= 11 is 0. The fraction of sp³-hybridized carbons (Fsp3) is 0.600. The average Bonchev–Trinajstić information content (AvgIpc) is 2.28. The molecular formula is C15H23NO. The van der Waals surface area contributed by atoms with Crippen molar-refractivity contribution in [2.75, 3.05) is 13.2 Å². The van der Waals surface area contributed by atoms with E-state index in [0.717, 1.165) is 25.7 Å². The largest absolute Gasteiger partial charge is 0.375 e. The van der Waals surface area contributed by atoms with Crippen molar-refractivity contribution in [1.29, 1.82) is 0 Å². The molecule has 2 heteroatoms. The van der Waals surface area contributed by atoms with E-state index in [9.17, 15) is 0 Å². The first-order valence-corrected chi connectivity index (χ1v) is 6.75. The Morgan fingerprint density at radius 1 is 1.29 bits per heavy atom. The number of likely N-dealkylation sites (N-methyl/N-ethyl adjacent to an activating group) is 1. The zero-order valence-corrected chi connectivity index (χ0v) is 10.7. The quantitative estimate of drug-likeness (QED) is 0.781. The predicted molar refractivity (Wildman–Crippen MR) is 70.9 cm³/mol. The highest BCUT2D eigenvalue weighted by Gasteiger charge is 2.26. The Balaban J connectivity index is 1.71. The van der Waals surface area contributed by atoms with Crippen LogP contribution in [0.5, 0.6) is 0 Å². The van der Waals surface area contributed by atoms with Crippen LogP contribution in [-0.4, -0.2) is 19.2 Å². The topological polar surface area (TPSA) is 21.3 Å². The number of hydrogen-bond donors (Lipinski definition) is 1. The van der Waals surface area contributed by atoms with Gasteiger partial charge in [0.1, 0.15) is 0 Å². The number of ether oxygens (including phenoxy) is 1. The van der Waals surface area contributed by atoms with E-state index in [1.165, 1.54) is 24.8 Å². The maximum atomic E-state index is 5.83. The minimum Gasteiger partial charge on any atom is -0.375 e. The van der Waals surface area contributed by atoms with Crippen molar-refractivity contribution in [2.45, 2.75) is 38.8 Å². The molecule has 0 aromatic heterocycles. The summed E-state index contributed by atoms with van der Waals surface area (Å²) in [5, 5.41) is 3.55. The van der Waals surface area contributed by atoms with Crippen LogP contribution < -0.4 is 5.32 Å². The molecular weight excluding hydrogens is 210 g/mol. The Kier molecular flexibility index (Phi) is 5.02. The summed E-state index contributed by atoms with van der Waals surface area (Å²) in [6.07, 6.45) is 4.13. The van der Waals surface area contributed by atoms with Crippen LogP contribution in [0, 0.1) is 5.92 Å². The molecule has 2 nitrogen and oxygen atoms in total. The smallest absolute Gasteiger partial charge is 0.0717 e. The predicted octanol–water partition coefficient (Wildman–Crippen LogP) is 2.98. The third-order valence-corrected chi connectivity index (χ3v) is 3.59. The highest BCUT2D eigenvalue weighted by atomic mass is 16.5. The van der Waals surface area contributed by atoms with Gasteiger partial charge in [-0.3, -0.25) is 0 Å². The summed E-state index contributed by atoms with van der Waals surface area (Å²) in [5.41, 5.74) is 1.26. The van der Waals surface area contributed by atoms with Crippen LogP contribution in [0.4, 0.5) is 0 Å². The van der Waals surface area contributed by atoms with Gasteiger partial charge in [-0.1, -0.05) is 43.7 Å². The van der Waals surface area contributed by atoms with E-state index in [1.807, 2.05) is 6.07 Å². The van der Waals surface area contributed by atoms with Gasteiger partial charge in [-0.15, -0.1) is 0 Å². The molecule has 17 heavy (non-hydrogen) atoms. The second-order valence-corrected chi connectivity index (χ2v) is 4.86. The molecule has 0 aliphatic heterocycles. The van der Waals surface area contributed by atoms with E-state index in [2.05, 4.69) is 36.5 Å². The van der Waals surface area contributed by atoms with E-state index in [1.54, 1.807) is 0 Å². The second-order valence-electron chi connectivity index (χ2n) is 4.86. The Hall–Kier alpha value is -0.860. The van der Waals surface area contributed by atoms with Crippen molar-refractivity contribution in [2.24, 2.45) is 5.92 Å². The van der Waals surface area contributed by atoms with Gasteiger partial charge >= 0.3 is 0 Å². The van der Waals surface area contributed by atoms with Gasteiger partial charge < -0.3 is 10.1 Å². The molecule has 1 aliphatic carbocycles. The molecule has 0 spiro atoms. The maximum absolute atomic E-state index is 5.83. The molecule has 1 fully saturated rings. The first-order valence-electron chi connectivity index (χ1n) is 6.75. The van der Waals surface area contributed by atoms with Crippen molar-refractivity contribution in [3.8, 4) is 0 Å². The van der Waals surface area contributed by atoms with E-state index >= 15 is 0 Å². The van der Waals surface area contributed by atoms with Gasteiger partial charge in [0, 0.05) is 6.04 Å². The zero-order valence-electron chi connectivity index (χ0n) is 10.7. The van der Waals surface area contributed by atoms with Crippen LogP contribution in [-0.2, 0) is 11.3 Å². The molecule has 1 aromatic carbocycles. The molecule has 1 N–H and O–H groups in total. The Bertz CT molecular complexity index is 308. The maximum Gasteiger partial charge on any atom is 0.0717 e. The van der Waals surface area contributed by atoms with E-state index in [-0.39, 0.29) is 0 Å². The lowest BCUT2D eigenvalue weighted by Crippen LogP contribution is -2.42. The van der Waals surface area contributed by atoms with Gasteiger partial charge in [-0.25, -0.2) is 0 Å². The van der Waals surface area contributed by atoms with Crippen LogP contribution in [0.25, 0.3) is 0 Å². The van der Waals surface area contributed by atoms with Gasteiger partial charge in [0.2, 0.25) is 0 Å². The Morgan fingerprint density at radius 2 is 2.06 bits per heavy atom. The molecule has 0 radical (unpaired) electrons. The molecule has 0 amide bonds. The monoisotopic (exact) mass is 233 g/mol. The van der Waals surface area contributed by atoms with E-state index in [4.69, 9.17) is 4.74 Å². The summed E-state index contributed by atoms with van der Waals surface area (Å²) in [6.45, 7) is 4.78. The SMILES string of the molecule is CCNC(COCc1ccccc1)C1CCC1. The van der Waals surface area contributed by atoms with Crippen LogP contribution in [0.15, 0.2) is 30.3 Å². The standard InChI is InChI=1S/C15H23NO/c1-2-16-15(14-9-6-10-14)12-17-11-13-7-4-3-5-8-13/h3-5,7-8,14-16H,2,6,9-12H2,1H3. The van der Waals surface area contributed by atoms with Crippen molar-refractivity contribution in [3.05, 3.63) is 35.9 Å². The summed E-state index contributed by atoms with van der Waals surface area (Å²) in [5.74, 6) is 0.839. The number of hydrogen-bond acceptors (Lipinski definition) is 2. The first kappa shape index (κ1) is 12.6. The van der Waals surface area contributed by atoms with Crippen molar-refractivity contribution in [3.63, 3.8) is 0 Å². The highest BCUT2D eigenvalue weighted by Crippen LogP contribution is 2.29. The van der Waals surface area contributed by atoms with Crippen molar-refractivity contribution < 1.29 is 4.74 Å². The molecule has 1 saturated carbocycles. The number of benzene rings is 1. The second kappa shape index (κ2) is 6.77. The fourth-order valence-corrected chi connectivity index (χ4v) is 2.34. The molecule has 2 rings (SSSR count). The molecule has 1 aromatic rings. The molecule has 1 atom stereocenters. The van der Waals surface area contributed by atoms with Crippen LogP contribution in [0.3, 0.4) is 0 Å². The van der Waals surface area contributed by atoms with Crippen LogP contribution in [0.2, 0.25) is 0 Å². The Morgan fingerprint density at radius 3 is 2.65 bits per heavy atom. The lowest BCUT2D eigenvalue weighted by atomic mass is 9.80. The van der Waals surface area contributed by atoms with Gasteiger partial charge in [0.15, 0.2) is 0 Å². The Labute approximate surface area is 104 Å². The third kappa shape index (κ3) is 3.83. The van der Waals surface area contributed by atoms with E-state index in [0.29, 0.717) is 6.04 Å². The average molecular weight is 233 g/mol. The molecule has 1 unspecified atom stereocenters. The number of nitrogens with one attached hydrogen (secondary N) is 1. The molecule has 0 heterocycles. The minimum absolute atomic E-state index is 0.553. The van der Waals surface area contributed by atoms with Gasteiger partial charge in [0.25, 0.3) is 0 Å². The lowest BCUT2D eigenvalue weighted by molar-refractivity contribution is 0.0654.